The number of nitrogens with zero attached hydrogens (tertiary/aromatic N) is 6. The van der Waals surface area contributed by atoms with Crippen molar-refractivity contribution in [3.05, 3.63) is 45.0 Å². The van der Waals surface area contributed by atoms with Crippen LogP contribution < -0.4 is 4.90 Å². The van der Waals surface area contributed by atoms with Crippen LogP contribution in [-0.4, -0.2) is 50.3 Å². The maximum Gasteiger partial charge on any atom is 0.416 e. The molecule has 8 nitrogen and oxygen atoms in total. The van der Waals surface area contributed by atoms with Crippen LogP contribution in [0.15, 0.2) is 24.5 Å². The fourth-order valence-electron chi connectivity index (χ4n) is 3.23. The van der Waals surface area contributed by atoms with Crippen LogP contribution in [0.5, 0.6) is 0 Å². The lowest BCUT2D eigenvalue weighted by Crippen LogP contribution is -2.47. The van der Waals surface area contributed by atoms with Crippen molar-refractivity contribution in [2.24, 2.45) is 0 Å². The van der Waals surface area contributed by atoms with E-state index in [1.165, 1.54) is 6.07 Å². The molecule has 0 spiro atoms. The maximum atomic E-state index is 12.9. The minimum atomic E-state index is -4.62. The van der Waals surface area contributed by atoms with E-state index in [1.807, 2.05) is 18.4 Å². The first-order chi connectivity index (χ1) is 13.6. The molecule has 29 heavy (non-hydrogen) atoms. The van der Waals surface area contributed by atoms with Gasteiger partial charge in [0, 0.05) is 38.3 Å². The zero-order chi connectivity index (χ0) is 21.3. The lowest BCUT2D eigenvalue weighted by atomic mass is 10.1. The summed E-state index contributed by atoms with van der Waals surface area (Å²) in [6.45, 7) is 6.56. The highest BCUT2D eigenvalue weighted by atomic mass is 32.1. The third kappa shape index (κ3) is 4.58. The number of hydrogen-bond donors (Lipinski definition) is 0. The van der Waals surface area contributed by atoms with Gasteiger partial charge in [0.25, 0.3) is 5.69 Å². The molecule has 3 rings (SSSR count). The van der Waals surface area contributed by atoms with Crippen LogP contribution in [0.3, 0.4) is 0 Å². The first-order valence-corrected chi connectivity index (χ1v) is 9.45. The Labute approximate surface area is 170 Å². The second-order valence-corrected chi connectivity index (χ2v) is 7.48. The fraction of sp³-hybridized carbons (Fsp3) is 0.529. The van der Waals surface area contributed by atoms with Crippen LogP contribution in [0, 0.1) is 14.9 Å². The van der Waals surface area contributed by atoms with Crippen molar-refractivity contribution >= 4 is 23.6 Å². The molecule has 0 radical (unpaired) electrons. The van der Waals surface area contributed by atoms with Crippen LogP contribution >= 0.6 is 12.2 Å². The number of nitro groups is 1. The first-order valence-electron chi connectivity index (χ1n) is 9.05. The van der Waals surface area contributed by atoms with Gasteiger partial charge in [-0.3, -0.25) is 15.0 Å². The fourth-order valence-corrected chi connectivity index (χ4v) is 3.60. The van der Waals surface area contributed by atoms with Gasteiger partial charge in [-0.2, -0.15) is 18.3 Å². The molecule has 0 bridgehead atoms. The number of halogens is 3. The Morgan fingerprint density at radius 1 is 1.24 bits per heavy atom. The molecule has 0 amide bonds. The smallest absolute Gasteiger partial charge is 0.363 e. The molecule has 0 saturated carbocycles. The summed E-state index contributed by atoms with van der Waals surface area (Å²) >= 11 is 5.42. The topological polar surface area (TPSA) is 72.4 Å². The van der Waals surface area contributed by atoms with E-state index in [-0.39, 0.29) is 11.7 Å². The molecule has 0 N–H and O–H groups in total. The van der Waals surface area contributed by atoms with Crippen molar-refractivity contribution in [2.45, 2.75) is 32.7 Å². The Morgan fingerprint density at radius 3 is 2.41 bits per heavy atom. The summed E-state index contributed by atoms with van der Waals surface area (Å²) in [7, 11) is 0. The zero-order valence-electron chi connectivity index (χ0n) is 16.0. The molecule has 0 aliphatic carbocycles. The normalized spacial score (nSPS) is 15.9. The monoisotopic (exact) mass is 430 g/mol. The van der Waals surface area contributed by atoms with Gasteiger partial charge in [-0.15, -0.1) is 0 Å². The van der Waals surface area contributed by atoms with Crippen LogP contribution in [0.1, 0.15) is 25.5 Å². The number of anilines is 1. The lowest BCUT2D eigenvalue weighted by molar-refractivity contribution is -0.384. The average Bonchev–Trinajstić information content (AvgIpc) is 3.02. The summed E-state index contributed by atoms with van der Waals surface area (Å²) in [6, 6.07) is 2.86. The van der Waals surface area contributed by atoms with Crippen molar-refractivity contribution in [3.8, 4) is 0 Å². The van der Waals surface area contributed by atoms with Crippen LogP contribution in [0.25, 0.3) is 0 Å². The molecule has 1 saturated heterocycles. The number of nitro benzene ring substituents is 1. The van der Waals surface area contributed by atoms with E-state index >= 15 is 0 Å². The first kappa shape index (κ1) is 21.2. The number of piperazine rings is 1. The van der Waals surface area contributed by atoms with Gasteiger partial charge in [-0.1, -0.05) is 0 Å². The summed E-state index contributed by atoms with van der Waals surface area (Å²) < 4.78 is 42.9. The van der Waals surface area contributed by atoms with Crippen LogP contribution in [-0.2, 0) is 12.8 Å². The Morgan fingerprint density at radius 2 is 1.90 bits per heavy atom. The van der Waals surface area contributed by atoms with E-state index in [4.69, 9.17) is 12.2 Å². The molecule has 2 aromatic rings. The molecule has 2 heterocycles. The second-order valence-electron chi connectivity index (χ2n) is 7.12. The minimum Gasteiger partial charge on any atom is -0.363 e. The molecule has 1 aliphatic heterocycles. The summed E-state index contributed by atoms with van der Waals surface area (Å²) in [5.74, 6) is 0. The Kier molecular flexibility index (Phi) is 5.94. The number of aromatic nitrogens is 3. The minimum absolute atomic E-state index is 0.198. The Balaban J connectivity index is 1.71. The van der Waals surface area contributed by atoms with Gasteiger partial charge in [0.05, 0.1) is 17.2 Å². The molecular formula is C17H21F3N6O2S. The number of alkyl halides is 3. The van der Waals surface area contributed by atoms with Crippen LogP contribution in [0.2, 0.25) is 0 Å². The highest BCUT2D eigenvalue weighted by molar-refractivity contribution is 7.71. The maximum absolute atomic E-state index is 12.9. The van der Waals surface area contributed by atoms with Crippen molar-refractivity contribution in [1.82, 2.24) is 19.2 Å². The van der Waals surface area contributed by atoms with Crippen molar-refractivity contribution in [3.63, 3.8) is 0 Å². The van der Waals surface area contributed by atoms with E-state index in [0.717, 1.165) is 6.07 Å². The summed E-state index contributed by atoms with van der Waals surface area (Å²) in [5, 5.41) is 15.6. The SMILES string of the molecule is CC(C)n1cnn(CN2CCN(c3ccc(C(F)(F)F)cc3[N+](=O)[O-])CC2)c1=S. The molecular weight excluding hydrogens is 409 g/mol. The summed E-state index contributed by atoms with van der Waals surface area (Å²) in [4.78, 5) is 14.4. The van der Waals surface area contributed by atoms with E-state index in [2.05, 4.69) is 10.00 Å². The third-order valence-electron chi connectivity index (χ3n) is 4.86. The van der Waals surface area contributed by atoms with E-state index in [9.17, 15) is 23.3 Å². The van der Waals surface area contributed by atoms with Gasteiger partial charge < -0.3 is 9.47 Å². The third-order valence-corrected chi connectivity index (χ3v) is 5.28. The predicted octanol–water partition coefficient (Wildman–Crippen LogP) is 3.70. The van der Waals surface area contributed by atoms with Gasteiger partial charge in [-0.25, -0.2) is 4.68 Å². The standard InChI is InChI=1S/C17H21F3N6O2S/c1-12(2)24-10-21-25(16(24)29)11-22-5-7-23(8-6-22)14-4-3-13(17(18,19)20)9-15(14)26(27)28/h3-4,9-10,12H,5-8,11H2,1-2H3. The second kappa shape index (κ2) is 8.11. The van der Waals surface area contributed by atoms with Crippen molar-refractivity contribution in [2.75, 3.05) is 31.1 Å². The van der Waals surface area contributed by atoms with E-state index in [0.29, 0.717) is 43.7 Å². The summed E-state index contributed by atoms with van der Waals surface area (Å²) in [6.07, 6.45) is -2.94. The highest BCUT2D eigenvalue weighted by Gasteiger charge is 2.34. The molecule has 1 aliphatic rings. The molecule has 0 unspecified atom stereocenters. The molecule has 1 fully saturated rings. The van der Waals surface area contributed by atoms with Crippen molar-refractivity contribution < 1.29 is 18.1 Å². The molecule has 0 atom stereocenters. The van der Waals surface area contributed by atoms with Gasteiger partial charge in [0.1, 0.15) is 12.0 Å². The largest absolute Gasteiger partial charge is 0.416 e. The van der Waals surface area contributed by atoms with Crippen molar-refractivity contribution in [1.29, 1.82) is 0 Å². The van der Waals surface area contributed by atoms with E-state index in [1.54, 1.807) is 15.9 Å². The zero-order valence-corrected chi connectivity index (χ0v) is 16.8. The molecule has 158 valence electrons. The quantitative estimate of drug-likeness (QED) is 0.409. The predicted molar refractivity (Wildman–Crippen MR) is 103 cm³/mol. The average molecular weight is 430 g/mol. The van der Waals surface area contributed by atoms with Crippen LogP contribution in [0.4, 0.5) is 24.5 Å². The van der Waals surface area contributed by atoms with Gasteiger partial charge in [0.2, 0.25) is 0 Å². The van der Waals surface area contributed by atoms with E-state index < -0.39 is 22.4 Å². The summed E-state index contributed by atoms with van der Waals surface area (Å²) in [5.41, 5.74) is -1.36. The molecule has 1 aromatic carbocycles. The van der Waals surface area contributed by atoms with Gasteiger partial charge in [-0.05, 0) is 38.2 Å². The lowest BCUT2D eigenvalue weighted by Gasteiger charge is -2.35. The molecule has 1 aromatic heterocycles. The Hall–Kier alpha value is -2.47. The Bertz CT molecular complexity index is 947. The highest BCUT2D eigenvalue weighted by Crippen LogP contribution is 2.36. The number of rotatable bonds is 5. The van der Waals surface area contributed by atoms with Gasteiger partial charge >= 0.3 is 6.18 Å². The molecule has 12 heteroatoms. The number of benzene rings is 1. The number of hydrogen-bond acceptors (Lipinski definition) is 6. The van der Waals surface area contributed by atoms with Gasteiger partial charge in [0.15, 0.2) is 4.77 Å².